The molecule has 18 heavy (non-hydrogen) atoms. The van der Waals surface area contributed by atoms with Crippen molar-refractivity contribution in [2.45, 2.75) is 70.6 Å². The Balaban J connectivity index is 2.99. The van der Waals surface area contributed by atoms with E-state index in [2.05, 4.69) is 33.8 Å². The van der Waals surface area contributed by atoms with E-state index in [0.29, 0.717) is 0 Å². The van der Waals surface area contributed by atoms with E-state index in [0.717, 1.165) is 10.2 Å². The van der Waals surface area contributed by atoms with Crippen LogP contribution in [0.5, 0.6) is 0 Å². The van der Waals surface area contributed by atoms with E-state index >= 15 is 0 Å². The van der Waals surface area contributed by atoms with Gasteiger partial charge in [0.2, 0.25) is 0 Å². The molecule has 110 valence electrons. The molecule has 0 amide bonds. The molecule has 2 heteroatoms. The number of quaternary nitrogens is 1. The average molecular weight is 275 g/mol. The zero-order valence-corrected chi connectivity index (χ0v) is 14.0. The maximum Gasteiger partial charge on any atom is 0.0780 e. The highest BCUT2D eigenvalue weighted by molar-refractivity contribution is 7.80. The van der Waals surface area contributed by atoms with Gasteiger partial charge in [0.1, 0.15) is 0 Å². The standard InChI is InChI=1S/C16H35NS/c1-17(2,3)15-13-11-9-7-5-4-6-8-10-12-14-16-18/h4-16H2,1-3H3/p+1. The van der Waals surface area contributed by atoms with Gasteiger partial charge in [0.05, 0.1) is 27.7 Å². The van der Waals surface area contributed by atoms with Crippen LogP contribution in [0.4, 0.5) is 0 Å². The minimum atomic E-state index is 1.06. The Bertz CT molecular complexity index is 163. The van der Waals surface area contributed by atoms with Crippen molar-refractivity contribution in [1.29, 1.82) is 0 Å². The van der Waals surface area contributed by atoms with Crippen molar-refractivity contribution < 1.29 is 4.48 Å². The summed E-state index contributed by atoms with van der Waals surface area (Å²) in [5.74, 6) is 1.06. The van der Waals surface area contributed by atoms with Gasteiger partial charge in [0.15, 0.2) is 0 Å². The Hall–Kier alpha value is 0.310. The molecular weight excluding hydrogens is 238 g/mol. The number of hydrogen-bond acceptors (Lipinski definition) is 1. The van der Waals surface area contributed by atoms with Crippen LogP contribution in [0.3, 0.4) is 0 Å². The predicted octanol–water partition coefficient (Wildman–Crippen LogP) is 4.91. The summed E-state index contributed by atoms with van der Waals surface area (Å²) in [6.45, 7) is 1.32. The van der Waals surface area contributed by atoms with Gasteiger partial charge in [0.25, 0.3) is 0 Å². The van der Waals surface area contributed by atoms with Crippen LogP contribution in [-0.4, -0.2) is 37.9 Å². The minimum Gasteiger partial charge on any atom is -0.331 e. The van der Waals surface area contributed by atoms with E-state index in [4.69, 9.17) is 0 Å². The van der Waals surface area contributed by atoms with Crippen LogP contribution in [-0.2, 0) is 0 Å². The Morgan fingerprint density at radius 3 is 1.22 bits per heavy atom. The van der Waals surface area contributed by atoms with Gasteiger partial charge < -0.3 is 4.48 Å². The molecular formula is C16H36NS+. The number of hydrogen-bond donors (Lipinski definition) is 1. The third-order valence-electron chi connectivity index (χ3n) is 3.49. The molecule has 0 aliphatic heterocycles. The fraction of sp³-hybridized carbons (Fsp3) is 1.00. The second kappa shape index (κ2) is 12.3. The van der Waals surface area contributed by atoms with Crippen molar-refractivity contribution in [1.82, 2.24) is 0 Å². The second-order valence-corrected chi connectivity index (χ2v) is 7.07. The molecule has 0 spiro atoms. The summed E-state index contributed by atoms with van der Waals surface area (Å²) in [5.41, 5.74) is 0. The highest BCUT2D eigenvalue weighted by Crippen LogP contribution is 2.11. The van der Waals surface area contributed by atoms with Gasteiger partial charge in [-0.15, -0.1) is 0 Å². The van der Waals surface area contributed by atoms with Gasteiger partial charge >= 0.3 is 0 Å². The fourth-order valence-electron chi connectivity index (χ4n) is 2.29. The summed E-state index contributed by atoms with van der Waals surface area (Å²) in [6.07, 6.45) is 15.6. The molecule has 0 rings (SSSR count). The lowest BCUT2D eigenvalue weighted by Gasteiger charge is -2.23. The van der Waals surface area contributed by atoms with Crippen molar-refractivity contribution in [3.63, 3.8) is 0 Å². The van der Waals surface area contributed by atoms with Crippen LogP contribution in [0.25, 0.3) is 0 Å². The Morgan fingerprint density at radius 1 is 0.556 bits per heavy atom. The molecule has 0 saturated carbocycles. The molecule has 0 aliphatic rings. The summed E-state index contributed by atoms with van der Waals surface area (Å²) in [5, 5.41) is 0. The topological polar surface area (TPSA) is 0 Å². The smallest absolute Gasteiger partial charge is 0.0780 e. The Kier molecular flexibility index (Phi) is 12.6. The first-order valence-electron chi connectivity index (χ1n) is 7.97. The lowest BCUT2D eigenvalue weighted by molar-refractivity contribution is -0.870. The van der Waals surface area contributed by atoms with Crippen LogP contribution in [0.2, 0.25) is 0 Å². The highest BCUT2D eigenvalue weighted by Gasteiger charge is 2.04. The first-order valence-corrected chi connectivity index (χ1v) is 8.61. The molecule has 0 aromatic heterocycles. The molecule has 0 aromatic carbocycles. The SMILES string of the molecule is C[N+](C)(C)CCCCCCCCCCCCCS. The maximum atomic E-state index is 4.24. The van der Waals surface area contributed by atoms with Crippen molar-refractivity contribution in [3.8, 4) is 0 Å². The van der Waals surface area contributed by atoms with Crippen LogP contribution < -0.4 is 0 Å². The minimum absolute atomic E-state index is 1.06. The molecule has 0 heterocycles. The molecule has 0 atom stereocenters. The van der Waals surface area contributed by atoms with Gasteiger partial charge in [-0.2, -0.15) is 12.6 Å². The molecule has 0 radical (unpaired) electrons. The average Bonchev–Trinajstić information content (AvgIpc) is 2.29. The molecule has 0 aliphatic carbocycles. The third-order valence-corrected chi connectivity index (χ3v) is 3.80. The maximum absolute atomic E-state index is 4.24. The van der Waals surface area contributed by atoms with E-state index in [9.17, 15) is 0 Å². The van der Waals surface area contributed by atoms with Crippen LogP contribution in [0.15, 0.2) is 0 Å². The molecule has 0 fully saturated rings. The quantitative estimate of drug-likeness (QED) is 0.275. The first kappa shape index (κ1) is 18.3. The van der Waals surface area contributed by atoms with Crippen LogP contribution >= 0.6 is 12.6 Å². The van der Waals surface area contributed by atoms with Gasteiger partial charge in [-0.05, 0) is 25.0 Å². The van der Waals surface area contributed by atoms with Crippen LogP contribution in [0, 0.1) is 0 Å². The molecule has 0 aromatic rings. The summed E-state index contributed by atoms with van der Waals surface area (Å²) >= 11 is 4.24. The van der Waals surface area contributed by atoms with Crippen LogP contribution in [0.1, 0.15) is 70.6 Å². The van der Waals surface area contributed by atoms with E-state index in [1.165, 1.54) is 77.2 Å². The second-order valence-electron chi connectivity index (χ2n) is 6.63. The fourth-order valence-corrected chi connectivity index (χ4v) is 2.51. The Morgan fingerprint density at radius 2 is 0.889 bits per heavy atom. The summed E-state index contributed by atoms with van der Waals surface area (Å²) in [7, 11) is 6.86. The lowest BCUT2D eigenvalue weighted by Crippen LogP contribution is -2.35. The van der Waals surface area contributed by atoms with Crippen molar-refractivity contribution in [3.05, 3.63) is 0 Å². The van der Waals surface area contributed by atoms with E-state index in [1.54, 1.807) is 0 Å². The molecule has 0 saturated heterocycles. The van der Waals surface area contributed by atoms with Crippen molar-refractivity contribution in [2.24, 2.45) is 0 Å². The van der Waals surface area contributed by atoms with E-state index in [1.807, 2.05) is 0 Å². The largest absolute Gasteiger partial charge is 0.331 e. The van der Waals surface area contributed by atoms with Crippen molar-refractivity contribution in [2.75, 3.05) is 33.4 Å². The Labute approximate surface area is 121 Å². The highest BCUT2D eigenvalue weighted by atomic mass is 32.1. The number of nitrogens with zero attached hydrogens (tertiary/aromatic N) is 1. The summed E-state index contributed by atoms with van der Waals surface area (Å²) < 4.78 is 1.12. The molecule has 0 unspecified atom stereocenters. The zero-order chi connectivity index (χ0) is 13.7. The third kappa shape index (κ3) is 16.3. The molecule has 0 bridgehead atoms. The van der Waals surface area contributed by atoms with Crippen molar-refractivity contribution >= 4 is 12.6 Å². The van der Waals surface area contributed by atoms with E-state index in [-0.39, 0.29) is 0 Å². The zero-order valence-electron chi connectivity index (χ0n) is 13.1. The summed E-state index contributed by atoms with van der Waals surface area (Å²) in [4.78, 5) is 0. The van der Waals surface area contributed by atoms with Gasteiger partial charge in [-0.25, -0.2) is 0 Å². The number of rotatable bonds is 13. The van der Waals surface area contributed by atoms with Gasteiger partial charge in [0, 0.05) is 0 Å². The van der Waals surface area contributed by atoms with Gasteiger partial charge in [-0.1, -0.05) is 51.4 Å². The molecule has 0 N–H and O–H groups in total. The van der Waals surface area contributed by atoms with Gasteiger partial charge in [-0.3, -0.25) is 0 Å². The normalized spacial score (nSPS) is 12.0. The lowest BCUT2D eigenvalue weighted by atomic mass is 10.1. The predicted molar refractivity (Wildman–Crippen MR) is 87.5 cm³/mol. The molecule has 1 nitrogen and oxygen atoms in total. The monoisotopic (exact) mass is 274 g/mol. The number of thiol groups is 1. The first-order chi connectivity index (χ1) is 8.56. The summed E-state index contributed by atoms with van der Waals surface area (Å²) in [6, 6.07) is 0. The van der Waals surface area contributed by atoms with E-state index < -0.39 is 0 Å². The number of unbranched alkanes of at least 4 members (excludes halogenated alkanes) is 10.